The van der Waals surface area contributed by atoms with Gasteiger partial charge in [-0.3, -0.25) is 4.79 Å². The second-order valence-corrected chi connectivity index (χ2v) is 9.97. The van der Waals surface area contributed by atoms with E-state index < -0.39 is 0 Å². The summed E-state index contributed by atoms with van der Waals surface area (Å²) in [6.07, 6.45) is 5.17. The van der Waals surface area contributed by atoms with Crippen molar-refractivity contribution in [2.75, 3.05) is 0 Å². The third kappa shape index (κ3) is 4.06. The van der Waals surface area contributed by atoms with Gasteiger partial charge in [-0.05, 0) is 86.9 Å². The summed E-state index contributed by atoms with van der Waals surface area (Å²) in [5, 5.41) is 12.6. The molecule has 0 saturated heterocycles. The summed E-state index contributed by atoms with van der Waals surface area (Å²) in [5.74, 6) is -0.596. The van der Waals surface area contributed by atoms with Gasteiger partial charge < -0.3 is 0 Å². The number of hydrogen-bond acceptors (Lipinski definition) is 2. The Hall–Kier alpha value is -4.80. The van der Waals surface area contributed by atoms with Crippen molar-refractivity contribution in [2.24, 2.45) is 0 Å². The molecule has 0 radical (unpaired) electrons. The molecule has 0 unspecified atom stereocenters. The third-order valence-corrected chi connectivity index (χ3v) is 7.38. The van der Waals surface area contributed by atoms with E-state index in [1.54, 1.807) is 10.8 Å². The summed E-state index contributed by atoms with van der Waals surface area (Å²) in [5.41, 5.74) is 3.72. The van der Waals surface area contributed by atoms with Crippen LogP contribution in [0.15, 0.2) is 115 Å². The molecule has 0 saturated carbocycles. The molecule has 1 heterocycles. The maximum Gasteiger partial charge on any atom is 0.185 e. The van der Waals surface area contributed by atoms with E-state index >= 15 is 0 Å². The van der Waals surface area contributed by atoms with Crippen LogP contribution in [0.5, 0.6) is 0 Å². The molecule has 0 aliphatic rings. The molecule has 6 aromatic carbocycles. The summed E-state index contributed by atoms with van der Waals surface area (Å²) in [4.78, 5) is 12.9. The second kappa shape index (κ2) is 9.19. The quantitative estimate of drug-likeness (QED) is 0.127. The highest BCUT2D eigenvalue weighted by Crippen LogP contribution is 2.40. The molecule has 1 aromatic heterocycles. The van der Waals surface area contributed by atoms with E-state index in [-0.39, 0.29) is 11.6 Å². The van der Waals surface area contributed by atoms with Gasteiger partial charge in [0.15, 0.2) is 5.78 Å². The van der Waals surface area contributed by atoms with Crippen molar-refractivity contribution in [1.82, 2.24) is 9.78 Å². The fourth-order valence-corrected chi connectivity index (χ4v) is 5.47. The van der Waals surface area contributed by atoms with Gasteiger partial charge in [0.1, 0.15) is 11.5 Å². The van der Waals surface area contributed by atoms with Crippen LogP contribution < -0.4 is 0 Å². The zero-order valence-electron chi connectivity index (χ0n) is 20.6. The Morgan fingerprint density at radius 3 is 2.26 bits per heavy atom. The molecule has 0 N–H and O–H groups in total. The summed E-state index contributed by atoms with van der Waals surface area (Å²) in [7, 11) is 0. The smallest absolute Gasteiger partial charge is 0.185 e. The molecule has 0 fully saturated rings. The molecule has 186 valence electrons. The van der Waals surface area contributed by atoms with Crippen LogP contribution >= 0.6 is 11.6 Å². The number of carbonyl (C=O) groups is 1. The normalized spacial score (nSPS) is 11.8. The Labute approximate surface area is 228 Å². The van der Waals surface area contributed by atoms with Gasteiger partial charge in [0, 0.05) is 27.9 Å². The lowest BCUT2D eigenvalue weighted by Gasteiger charge is -2.13. The number of benzene rings is 6. The lowest BCUT2D eigenvalue weighted by atomic mass is 9.90. The molecule has 7 rings (SSSR count). The summed E-state index contributed by atoms with van der Waals surface area (Å²) in [6, 6.07) is 32.2. The monoisotopic (exact) mass is 526 g/mol. The number of hydrogen-bond donors (Lipinski definition) is 0. The molecule has 5 heteroatoms. The standard InChI is InChI=1S/C34H20ClFN2O/c35-26-5-2-6-28(19-26)38-20-25(13-18-31(39)21-9-14-27(36)15-10-21)34(37-38)30-17-12-24-8-7-22-3-1-4-23-11-16-29(30)33(24)32(22)23/h1-20H/b18-13+. The lowest BCUT2D eigenvalue weighted by molar-refractivity contribution is 0.104. The van der Waals surface area contributed by atoms with Gasteiger partial charge in [-0.2, -0.15) is 5.10 Å². The van der Waals surface area contributed by atoms with Crippen LogP contribution in [0.2, 0.25) is 5.02 Å². The van der Waals surface area contributed by atoms with E-state index in [0.717, 1.165) is 33.3 Å². The Morgan fingerprint density at radius 2 is 1.49 bits per heavy atom. The third-order valence-electron chi connectivity index (χ3n) is 7.14. The molecule has 0 aliphatic heterocycles. The highest BCUT2D eigenvalue weighted by atomic mass is 35.5. The summed E-state index contributed by atoms with van der Waals surface area (Å²) < 4.78 is 15.1. The fourth-order valence-electron chi connectivity index (χ4n) is 5.29. The molecule has 7 aromatic rings. The van der Waals surface area contributed by atoms with Crippen LogP contribution in [0.25, 0.3) is 55.3 Å². The van der Waals surface area contributed by atoms with Gasteiger partial charge in [0.2, 0.25) is 0 Å². The predicted molar refractivity (Wildman–Crippen MR) is 157 cm³/mol. The first kappa shape index (κ1) is 23.3. The fraction of sp³-hybridized carbons (Fsp3) is 0. The number of nitrogens with zero attached hydrogens (tertiary/aromatic N) is 2. The minimum atomic E-state index is -0.380. The molecule has 3 nitrogen and oxygen atoms in total. The molecular formula is C34H20ClFN2O. The largest absolute Gasteiger partial charge is 0.289 e. The minimum absolute atomic E-state index is 0.216. The minimum Gasteiger partial charge on any atom is -0.289 e. The van der Waals surface area contributed by atoms with E-state index in [0.29, 0.717) is 10.6 Å². The maximum absolute atomic E-state index is 13.4. The maximum atomic E-state index is 13.4. The van der Waals surface area contributed by atoms with Gasteiger partial charge in [0.25, 0.3) is 0 Å². The van der Waals surface area contributed by atoms with Crippen LogP contribution in [0.1, 0.15) is 15.9 Å². The highest BCUT2D eigenvalue weighted by Gasteiger charge is 2.17. The highest BCUT2D eigenvalue weighted by molar-refractivity contribution is 6.30. The van der Waals surface area contributed by atoms with Gasteiger partial charge in [-0.15, -0.1) is 0 Å². The first-order valence-corrected chi connectivity index (χ1v) is 12.9. The van der Waals surface area contributed by atoms with Gasteiger partial charge >= 0.3 is 0 Å². The molecule has 0 amide bonds. The number of halogens is 2. The van der Waals surface area contributed by atoms with Crippen LogP contribution in [0.3, 0.4) is 0 Å². The Kier molecular flexibility index (Phi) is 5.50. The summed E-state index contributed by atoms with van der Waals surface area (Å²) in [6.45, 7) is 0. The van der Waals surface area contributed by atoms with E-state index in [1.807, 2.05) is 30.5 Å². The Bertz CT molecular complexity index is 2040. The lowest BCUT2D eigenvalue weighted by Crippen LogP contribution is -1.95. The molecule has 0 aliphatic carbocycles. The molecule has 0 atom stereocenters. The van der Waals surface area contributed by atoms with Gasteiger partial charge in [0.05, 0.1) is 5.69 Å². The van der Waals surface area contributed by atoms with E-state index in [9.17, 15) is 9.18 Å². The number of allylic oxidation sites excluding steroid dienone is 1. The predicted octanol–water partition coefficient (Wildman–Crippen LogP) is 9.13. The number of ketones is 1. The van der Waals surface area contributed by atoms with Crippen molar-refractivity contribution in [3.63, 3.8) is 0 Å². The van der Waals surface area contributed by atoms with Crippen LogP contribution in [0.4, 0.5) is 4.39 Å². The van der Waals surface area contributed by atoms with Crippen molar-refractivity contribution in [3.05, 3.63) is 137 Å². The molecular weight excluding hydrogens is 507 g/mol. The summed E-state index contributed by atoms with van der Waals surface area (Å²) >= 11 is 6.28. The Morgan fingerprint density at radius 1 is 0.795 bits per heavy atom. The van der Waals surface area contributed by atoms with E-state index in [2.05, 4.69) is 54.6 Å². The topological polar surface area (TPSA) is 34.9 Å². The van der Waals surface area contributed by atoms with Gasteiger partial charge in [-0.25, -0.2) is 9.07 Å². The molecule has 0 spiro atoms. The second-order valence-electron chi connectivity index (χ2n) is 9.53. The Balaban J connectivity index is 1.43. The zero-order chi connectivity index (χ0) is 26.5. The van der Waals surface area contributed by atoms with E-state index in [1.165, 1.54) is 51.9 Å². The molecule has 0 bridgehead atoms. The number of carbonyl (C=O) groups excluding carboxylic acids is 1. The van der Waals surface area contributed by atoms with Crippen LogP contribution in [0, 0.1) is 5.82 Å². The average molecular weight is 527 g/mol. The number of aromatic nitrogens is 2. The van der Waals surface area contributed by atoms with Crippen molar-refractivity contribution in [2.45, 2.75) is 0 Å². The van der Waals surface area contributed by atoms with Crippen molar-refractivity contribution in [1.29, 1.82) is 0 Å². The van der Waals surface area contributed by atoms with Gasteiger partial charge in [-0.1, -0.05) is 72.3 Å². The van der Waals surface area contributed by atoms with Crippen LogP contribution in [-0.4, -0.2) is 15.6 Å². The first-order valence-electron chi connectivity index (χ1n) is 12.6. The van der Waals surface area contributed by atoms with Crippen molar-refractivity contribution in [3.8, 4) is 16.9 Å². The molecule has 39 heavy (non-hydrogen) atoms. The average Bonchev–Trinajstić information content (AvgIpc) is 3.39. The van der Waals surface area contributed by atoms with E-state index in [4.69, 9.17) is 16.7 Å². The zero-order valence-corrected chi connectivity index (χ0v) is 21.4. The number of rotatable bonds is 5. The first-order chi connectivity index (χ1) is 19.0. The SMILES string of the molecule is O=C(/C=C/c1cn(-c2cccc(Cl)c2)nc1-c1ccc2ccc3cccc4ccc1c2c34)c1ccc(F)cc1. The van der Waals surface area contributed by atoms with Crippen molar-refractivity contribution < 1.29 is 9.18 Å². The van der Waals surface area contributed by atoms with Crippen molar-refractivity contribution >= 4 is 55.8 Å². The van der Waals surface area contributed by atoms with Crippen LogP contribution in [-0.2, 0) is 0 Å².